The molecule has 3 aromatic rings. The molecule has 0 aliphatic carbocycles. The van der Waals surface area contributed by atoms with Gasteiger partial charge < -0.3 is 16.6 Å². The smallest absolute Gasteiger partial charge is 0.354 e. The summed E-state index contributed by atoms with van der Waals surface area (Å²) in [7, 11) is 0. The van der Waals surface area contributed by atoms with Gasteiger partial charge in [-0.2, -0.15) is 0 Å². The number of rotatable bonds is 1. The molecule has 0 unspecified atom stereocenters. The van der Waals surface area contributed by atoms with Gasteiger partial charge in [0.05, 0.1) is 5.52 Å². The predicted molar refractivity (Wildman–Crippen MR) is 84.0 cm³/mol. The number of benzene rings is 2. The van der Waals surface area contributed by atoms with Crippen molar-refractivity contribution in [3.05, 3.63) is 66.4 Å². The summed E-state index contributed by atoms with van der Waals surface area (Å²) in [5.41, 5.74) is 13.0. The summed E-state index contributed by atoms with van der Waals surface area (Å²) in [6.07, 6.45) is 0. The van der Waals surface area contributed by atoms with E-state index in [0.717, 1.165) is 16.8 Å². The van der Waals surface area contributed by atoms with E-state index in [1.165, 1.54) is 6.07 Å². The molecule has 0 amide bonds. The van der Waals surface area contributed by atoms with Crippen LogP contribution in [0.25, 0.3) is 10.9 Å². The molecule has 0 bridgehead atoms. The van der Waals surface area contributed by atoms with Crippen LogP contribution in [-0.4, -0.2) is 16.1 Å². The van der Waals surface area contributed by atoms with E-state index in [1.54, 1.807) is 36.4 Å². The molecule has 21 heavy (non-hydrogen) atoms. The van der Waals surface area contributed by atoms with Gasteiger partial charge in [0.25, 0.3) is 0 Å². The van der Waals surface area contributed by atoms with Crippen LogP contribution < -0.4 is 11.5 Å². The third-order valence-electron chi connectivity index (χ3n) is 2.75. The van der Waals surface area contributed by atoms with Gasteiger partial charge in [0.15, 0.2) is 0 Å². The first-order valence-corrected chi connectivity index (χ1v) is 6.26. The molecule has 0 radical (unpaired) electrons. The Kier molecular flexibility index (Phi) is 4.36. The molecule has 1 aromatic heterocycles. The molecule has 106 valence electrons. The van der Waals surface area contributed by atoms with Gasteiger partial charge in [-0.25, -0.2) is 9.78 Å². The highest BCUT2D eigenvalue weighted by Gasteiger charge is 2.03. The fourth-order valence-corrected chi connectivity index (χ4v) is 1.68. The van der Waals surface area contributed by atoms with E-state index >= 15 is 0 Å². The van der Waals surface area contributed by atoms with E-state index < -0.39 is 5.97 Å². The zero-order valence-electron chi connectivity index (χ0n) is 11.2. The van der Waals surface area contributed by atoms with Gasteiger partial charge in [0.1, 0.15) is 5.69 Å². The monoisotopic (exact) mass is 281 g/mol. The van der Waals surface area contributed by atoms with Gasteiger partial charge in [-0.3, -0.25) is 0 Å². The quantitative estimate of drug-likeness (QED) is 0.595. The summed E-state index contributed by atoms with van der Waals surface area (Å²) in [4.78, 5) is 14.6. The number of carboxylic acid groups (broad SMARTS) is 1. The van der Waals surface area contributed by atoms with E-state index in [0.29, 0.717) is 5.52 Å². The van der Waals surface area contributed by atoms with Crippen LogP contribution in [0.2, 0.25) is 0 Å². The van der Waals surface area contributed by atoms with Crippen LogP contribution in [-0.2, 0) is 0 Å². The second-order valence-corrected chi connectivity index (χ2v) is 4.36. The van der Waals surface area contributed by atoms with E-state index in [1.807, 2.05) is 18.2 Å². The van der Waals surface area contributed by atoms with E-state index in [-0.39, 0.29) is 5.69 Å². The summed E-state index contributed by atoms with van der Waals surface area (Å²) in [5, 5.41) is 9.63. The lowest BCUT2D eigenvalue weighted by atomic mass is 10.2. The molecule has 5 nitrogen and oxygen atoms in total. The number of carboxylic acids is 1. The number of anilines is 2. The van der Waals surface area contributed by atoms with Crippen molar-refractivity contribution < 1.29 is 9.90 Å². The Bertz CT molecular complexity index is 734. The third kappa shape index (κ3) is 3.94. The fourth-order valence-electron chi connectivity index (χ4n) is 1.68. The highest BCUT2D eigenvalue weighted by molar-refractivity contribution is 5.89. The second-order valence-electron chi connectivity index (χ2n) is 4.36. The van der Waals surface area contributed by atoms with Crippen molar-refractivity contribution in [2.75, 3.05) is 11.5 Å². The molecule has 5 N–H and O–H groups in total. The van der Waals surface area contributed by atoms with Crippen molar-refractivity contribution >= 4 is 28.2 Å². The molecular weight excluding hydrogens is 266 g/mol. The highest BCUT2D eigenvalue weighted by Crippen LogP contribution is 2.11. The standard InChI is InChI=1S/C10H7NO2.C6H8N2/c12-10(13)9-6-5-7-3-1-2-4-8(7)11-9;7-5-1-2-6(8)4-3-5/h1-6H,(H,12,13);1-4H,7-8H2. The molecule has 0 saturated heterocycles. The van der Waals surface area contributed by atoms with Crippen LogP contribution in [0.15, 0.2) is 60.7 Å². The number of aromatic carboxylic acids is 1. The van der Waals surface area contributed by atoms with Crippen LogP contribution in [0.3, 0.4) is 0 Å². The lowest BCUT2D eigenvalue weighted by Crippen LogP contribution is -1.99. The second kappa shape index (κ2) is 6.38. The predicted octanol–water partition coefficient (Wildman–Crippen LogP) is 2.78. The topological polar surface area (TPSA) is 102 Å². The Hall–Kier alpha value is -3.08. The number of hydrogen-bond acceptors (Lipinski definition) is 4. The van der Waals surface area contributed by atoms with Gasteiger partial charge in [-0.1, -0.05) is 24.3 Å². The Morgan fingerprint density at radius 2 is 1.43 bits per heavy atom. The molecule has 3 rings (SSSR count). The number of nitrogen functional groups attached to an aromatic ring is 2. The molecule has 0 fully saturated rings. The maximum absolute atomic E-state index is 10.6. The average molecular weight is 281 g/mol. The Labute approximate surface area is 121 Å². The number of carbonyl (C=O) groups is 1. The molecule has 5 heteroatoms. The van der Waals surface area contributed by atoms with Crippen molar-refractivity contribution in [3.8, 4) is 0 Å². The van der Waals surface area contributed by atoms with Crippen molar-refractivity contribution in [1.29, 1.82) is 0 Å². The van der Waals surface area contributed by atoms with Crippen LogP contribution in [0, 0.1) is 0 Å². The molecule has 0 spiro atoms. The zero-order valence-corrected chi connectivity index (χ0v) is 11.2. The molecule has 0 aliphatic rings. The number of aromatic nitrogens is 1. The largest absolute Gasteiger partial charge is 0.477 e. The molecule has 0 atom stereocenters. The number of fused-ring (bicyclic) bond motifs is 1. The molecular formula is C16H15N3O2. The Morgan fingerprint density at radius 1 is 0.857 bits per heavy atom. The maximum Gasteiger partial charge on any atom is 0.354 e. The summed E-state index contributed by atoms with van der Waals surface area (Å²) in [5.74, 6) is -0.995. The zero-order chi connectivity index (χ0) is 15.2. The molecule has 0 aliphatic heterocycles. The average Bonchev–Trinajstić information content (AvgIpc) is 2.50. The summed E-state index contributed by atoms with van der Waals surface area (Å²) >= 11 is 0. The first kappa shape index (κ1) is 14.3. The third-order valence-corrected chi connectivity index (χ3v) is 2.75. The number of pyridine rings is 1. The Morgan fingerprint density at radius 3 is 2.00 bits per heavy atom. The van der Waals surface area contributed by atoms with Gasteiger partial charge in [0.2, 0.25) is 0 Å². The van der Waals surface area contributed by atoms with Gasteiger partial charge in [0, 0.05) is 16.8 Å². The number of nitrogens with two attached hydrogens (primary N) is 2. The minimum absolute atomic E-state index is 0.0821. The minimum Gasteiger partial charge on any atom is -0.477 e. The van der Waals surface area contributed by atoms with Crippen molar-refractivity contribution in [3.63, 3.8) is 0 Å². The molecule has 0 saturated carbocycles. The first-order valence-electron chi connectivity index (χ1n) is 6.26. The molecule has 1 heterocycles. The van der Waals surface area contributed by atoms with Crippen molar-refractivity contribution in [2.45, 2.75) is 0 Å². The van der Waals surface area contributed by atoms with Gasteiger partial charge in [-0.15, -0.1) is 0 Å². The maximum atomic E-state index is 10.6. The lowest BCUT2D eigenvalue weighted by molar-refractivity contribution is 0.0691. The Balaban J connectivity index is 0.000000173. The number of nitrogens with zero attached hydrogens (tertiary/aromatic N) is 1. The van der Waals surface area contributed by atoms with Gasteiger partial charge in [-0.05, 0) is 36.4 Å². The van der Waals surface area contributed by atoms with Crippen LogP contribution in [0.4, 0.5) is 11.4 Å². The summed E-state index contributed by atoms with van der Waals surface area (Å²) in [6, 6.07) is 17.8. The van der Waals surface area contributed by atoms with Gasteiger partial charge >= 0.3 is 5.97 Å². The lowest BCUT2D eigenvalue weighted by Gasteiger charge is -1.97. The van der Waals surface area contributed by atoms with E-state index in [2.05, 4.69) is 4.98 Å². The summed E-state index contributed by atoms with van der Waals surface area (Å²) < 4.78 is 0. The first-order chi connectivity index (χ1) is 10.1. The van der Waals surface area contributed by atoms with E-state index in [9.17, 15) is 4.79 Å². The minimum atomic E-state index is -0.995. The number of para-hydroxylation sites is 1. The highest BCUT2D eigenvalue weighted by atomic mass is 16.4. The normalized spacial score (nSPS) is 9.71. The van der Waals surface area contributed by atoms with Crippen molar-refractivity contribution in [1.82, 2.24) is 4.98 Å². The number of hydrogen-bond donors (Lipinski definition) is 3. The van der Waals surface area contributed by atoms with Crippen molar-refractivity contribution in [2.24, 2.45) is 0 Å². The van der Waals surface area contributed by atoms with Crippen LogP contribution >= 0.6 is 0 Å². The van der Waals surface area contributed by atoms with E-state index in [4.69, 9.17) is 16.6 Å². The fraction of sp³-hybridized carbons (Fsp3) is 0. The summed E-state index contributed by atoms with van der Waals surface area (Å²) in [6.45, 7) is 0. The SMILES string of the molecule is Nc1ccc(N)cc1.O=C(O)c1ccc2ccccc2n1. The van der Waals surface area contributed by atoms with Crippen LogP contribution in [0.1, 0.15) is 10.5 Å². The molecule has 2 aromatic carbocycles. The van der Waals surface area contributed by atoms with Crippen LogP contribution in [0.5, 0.6) is 0 Å².